The van der Waals surface area contributed by atoms with E-state index >= 15 is 0 Å². The number of aromatic nitrogens is 3. The van der Waals surface area contributed by atoms with Crippen LogP contribution in [-0.2, 0) is 17.9 Å². The first kappa shape index (κ1) is 25.2. The molecule has 13 heteroatoms. The highest BCUT2D eigenvalue weighted by Gasteiger charge is 2.14. The molecule has 2 aromatic carbocycles. The lowest BCUT2D eigenvalue weighted by Crippen LogP contribution is -2.20. The fourth-order valence-corrected chi connectivity index (χ4v) is 3.83. The second kappa shape index (κ2) is 12.1. The predicted octanol–water partition coefficient (Wildman–Crippen LogP) is 3.54. The Kier molecular flexibility index (Phi) is 8.98. The van der Waals surface area contributed by atoms with Crippen LogP contribution >= 0.6 is 34.4 Å². The number of hydrazone groups is 1. The SMILES string of the molecule is C=CCn1c(CNc2ccc(I)cc2)nnc1SCC(=O)N/N=C/c1cc([N+](=O)[O-])ccc1O. The van der Waals surface area contributed by atoms with Gasteiger partial charge in [0.2, 0.25) is 0 Å². The average Bonchev–Trinajstić information content (AvgIpc) is 3.20. The summed E-state index contributed by atoms with van der Waals surface area (Å²) >= 11 is 3.42. The molecule has 0 saturated heterocycles. The average molecular weight is 593 g/mol. The van der Waals surface area contributed by atoms with Crippen LogP contribution in [0.5, 0.6) is 5.75 Å². The Hall–Kier alpha value is -3.46. The molecule has 0 saturated carbocycles. The molecule has 1 aromatic heterocycles. The van der Waals surface area contributed by atoms with E-state index in [4.69, 9.17) is 0 Å². The van der Waals surface area contributed by atoms with Crippen LogP contribution in [0, 0.1) is 13.7 Å². The Labute approximate surface area is 212 Å². The maximum atomic E-state index is 12.2. The largest absolute Gasteiger partial charge is 0.507 e. The third-order valence-electron chi connectivity index (χ3n) is 4.35. The van der Waals surface area contributed by atoms with Crippen molar-refractivity contribution in [1.82, 2.24) is 20.2 Å². The summed E-state index contributed by atoms with van der Waals surface area (Å²) in [7, 11) is 0. The zero-order chi connectivity index (χ0) is 24.5. The maximum absolute atomic E-state index is 12.2. The number of hydrogen-bond donors (Lipinski definition) is 3. The maximum Gasteiger partial charge on any atom is 0.270 e. The molecule has 0 radical (unpaired) electrons. The van der Waals surface area contributed by atoms with Crippen LogP contribution in [0.4, 0.5) is 11.4 Å². The van der Waals surface area contributed by atoms with Crippen molar-refractivity contribution in [2.45, 2.75) is 18.2 Å². The molecule has 0 bridgehead atoms. The highest BCUT2D eigenvalue weighted by molar-refractivity contribution is 14.1. The molecule has 3 N–H and O–H groups in total. The first-order chi connectivity index (χ1) is 16.4. The van der Waals surface area contributed by atoms with E-state index in [0.717, 1.165) is 21.5 Å². The summed E-state index contributed by atoms with van der Waals surface area (Å²) in [5.74, 6) is 0.0956. The van der Waals surface area contributed by atoms with Gasteiger partial charge in [0.15, 0.2) is 11.0 Å². The quantitative estimate of drug-likeness (QED) is 0.0764. The smallest absolute Gasteiger partial charge is 0.270 e. The zero-order valence-corrected chi connectivity index (χ0v) is 20.7. The molecule has 1 heterocycles. The molecule has 0 atom stereocenters. The topological polar surface area (TPSA) is 148 Å². The number of phenols is 1. The number of allylic oxidation sites excluding steroid dienone is 1. The fraction of sp³-hybridized carbons (Fsp3) is 0.143. The lowest BCUT2D eigenvalue weighted by atomic mass is 10.2. The van der Waals surface area contributed by atoms with Crippen LogP contribution in [0.15, 0.2) is 65.4 Å². The second-order valence-electron chi connectivity index (χ2n) is 6.74. The molecule has 0 unspecified atom stereocenters. The van der Waals surface area contributed by atoms with Crippen molar-refractivity contribution in [3.63, 3.8) is 0 Å². The number of rotatable bonds is 11. The zero-order valence-electron chi connectivity index (χ0n) is 17.7. The van der Waals surface area contributed by atoms with Crippen LogP contribution in [0.2, 0.25) is 0 Å². The Morgan fingerprint density at radius 1 is 1.29 bits per heavy atom. The predicted molar refractivity (Wildman–Crippen MR) is 138 cm³/mol. The Morgan fingerprint density at radius 2 is 2.06 bits per heavy atom. The van der Waals surface area contributed by atoms with Crippen molar-refractivity contribution in [2.75, 3.05) is 11.1 Å². The van der Waals surface area contributed by atoms with Gasteiger partial charge in [0.1, 0.15) is 5.75 Å². The van der Waals surface area contributed by atoms with E-state index in [-0.39, 0.29) is 22.8 Å². The van der Waals surface area contributed by atoms with Gasteiger partial charge >= 0.3 is 0 Å². The number of nitro benzene ring substituents is 1. The summed E-state index contributed by atoms with van der Waals surface area (Å²) in [4.78, 5) is 22.4. The molecule has 0 aliphatic rings. The number of nitrogens with one attached hydrogen (secondary N) is 2. The number of phenolic OH excluding ortho intramolecular Hbond substituents is 1. The van der Waals surface area contributed by atoms with E-state index in [9.17, 15) is 20.0 Å². The molecule has 11 nitrogen and oxygen atoms in total. The summed E-state index contributed by atoms with van der Waals surface area (Å²) < 4.78 is 3.00. The van der Waals surface area contributed by atoms with Crippen molar-refractivity contribution in [1.29, 1.82) is 0 Å². The minimum absolute atomic E-state index is 0.0120. The van der Waals surface area contributed by atoms with Gasteiger partial charge in [0.25, 0.3) is 11.6 Å². The third-order valence-corrected chi connectivity index (χ3v) is 6.03. The van der Waals surface area contributed by atoms with Crippen LogP contribution in [0.1, 0.15) is 11.4 Å². The molecule has 176 valence electrons. The van der Waals surface area contributed by atoms with Crippen molar-refractivity contribution in [2.24, 2.45) is 5.10 Å². The van der Waals surface area contributed by atoms with Gasteiger partial charge in [0, 0.05) is 33.5 Å². The van der Waals surface area contributed by atoms with Gasteiger partial charge in [-0.15, -0.1) is 16.8 Å². The van der Waals surface area contributed by atoms with E-state index in [1.54, 1.807) is 6.08 Å². The number of nitrogens with zero attached hydrogens (tertiary/aromatic N) is 5. The molecule has 3 rings (SSSR count). The van der Waals surface area contributed by atoms with Gasteiger partial charge in [0.05, 0.1) is 23.4 Å². The van der Waals surface area contributed by atoms with Gasteiger partial charge < -0.3 is 15.0 Å². The lowest BCUT2D eigenvalue weighted by Gasteiger charge is -2.09. The molecule has 0 aliphatic carbocycles. The van der Waals surface area contributed by atoms with Crippen LogP contribution in [0.3, 0.4) is 0 Å². The minimum Gasteiger partial charge on any atom is -0.507 e. The van der Waals surface area contributed by atoms with Crippen molar-refractivity contribution >= 4 is 57.8 Å². The Morgan fingerprint density at radius 3 is 2.76 bits per heavy atom. The van der Waals surface area contributed by atoms with Gasteiger partial charge in [-0.05, 0) is 52.9 Å². The van der Waals surface area contributed by atoms with E-state index < -0.39 is 10.8 Å². The number of carbonyl (C=O) groups is 1. The molecule has 34 heavy (non-hydrogen) atoms. The summed E-state index contributed by atoms with van der Waals surface area (Å²) in [6.45, 7) is 4.69. The normalized spacial score (nSPS) is 10.9. The van der Waals surface area contributed by atoms with Crippen LogP contribution in [-0.4, -0.2) is 42.7 Å². The first-order valence-electron chi connectivity index (χ1n) is 9.82. The number of anilines is 1. The standard InChI is InChI=1S/C21H20IN7O4S/c1-2-9-28-19(12-23-16-5-3-15(22)4-6-16)25-27-21(28)34-13-20(31)26-24-11-14-10-17(29(32)33)7-8-18(14)30/h2-8,10-11,23,30H,1,9,12-13H2,(H,26,31)/b24-11+. The van der Waals surface area contributed by atoms with E-state index in [1.165, 1.54) is 23.9 Å². The summed E-state index contributed by atoms with van der Waals surface area (Å²) in [6, 6.07) is 11.5. The van der Waals surface area contributed by atoms with Crippen molar-refractivity contribution in [3.05, 3.63) is 80.2 Å². The first-order valence-corrected chi connectivity index (χ1v) is 11.9. The number of nitro groups is 1. The molecular formula is C21H20IN7O4S. The third kappa shape index (κ3) is 7.02. The summed E-state index contributed by atoms with van der Waals surface area (Å²) in [6.07, 6.45) is 2.86. The van der Waals surface area contributed by atoms with E-state index in [0.29, 0.717) is 24.1 Å². The highest BCUT2D eigenvalue weighted by atomic mass is 127. The summed E-state index contributed by atoms with van der Waals surface area (Å²) in [5.41, 5.74) is 3.19. The number of aromatic hydroxyl groups is 1. The molecule has 1 amide bonds. The number of hydrogen-bond acceptors (Lipinski definition) is 9. The van der Waals surface area contributed by atoms with Crippen molar-refractivity contribution < 1.29 is 14.8 Å². The monoisotopic (exact) mass is 593 g/mol. The van der Waals surface area contributed by atoms with E-state index in [1.807, 2.05) is 28.8 Å². The van der Waals surface area contributed by atoms with Crippen LogP contribution < -0.4 is 10.7 Å². The number of amides is 1. The highest BCUT2D eigenvalue weighted by Crippen LogP contribution is 2.21. The molecule has 3 aromatic rings. The molecular weight excluding hydrogens is 573 g/mol. The Balaban J connectivity index is 1.57. The molecule has 0 aliphatic heterocycles. The number of halogens is 1. The fourth-order valence-electron chi connectivity index (χ4n) is 2.71. The number of carbonyl (C=O) groups excluding carboxylic acids is 1. The van der Waals surface area contributed by atoms with E-state index in [2.05, 4.69) is 55.2 Å². The van der Waals surface area contributed by atoms with Gasteiger partial charge in [-0.3, -0.25) is 14.9 Å². The van der Waals surface area contributed by atoms with Crippen LogP contribution in [0.25, 0.3) is 0 Å². The minimum atomic E-state index is -0.588. The Bertz CT molecular complexity index is 1210. The van der Waals surface area contributed by atoms with Gasteiger partial charge in [-0.25, -0.2) is 5.43 Å². The number of benzene rings is 2. The van der Waals surface area contributed by atoms with Crippen molar-refractivity contribution in [3.8, 4) is 5.75 Å². The lowest BCUT2D eigenvalue weighted by molar-refractivity contribution is -0.384. The molecule has 0 fully saturated rings. The number of non-ortho nitro benzene ring substituents is 1. The second-order valence-corrected chi connectivity index (χ2v) is 8.93. The summed E-state index contributed by atoms with van der Waals surface area (Å²) in [5, 5.41) is 36.6. The van der Waals surface area contributed by atoms with Gasteiger partial charge in [-0.1, -0.05) is 17.8 Å². The number of thioether (sulfide) groups is 1. The molecule has 0 spiro atoms. The van der Waals surface area contributed by atoms with Gasteiger partial charge in [-0.2, -0.15) is 5.10 Å².